The minimum absolute atomic E-state index is 0.0858. The summed E-state index contributed by atoms with van der Waals surface area (Å²) in [6, 6.07) is 11.3. The second kappa shape index (κ2) is 13.3. The van der Waals surface area contributed by atoms with Crippen LogP contribution in [0.5, 0.6) is 11.6 Å². The summed E-state index contributed by atoms with van der Waals surface area (Å²) in [6.45, 7) is 2.99. The Labute approximate surface area is 269 Å². The number of anilines is 1. The third kappa shape index (κ3) is 6.75. The predicted molar refractivity (Wildman–Crippen MR) is 166 cm³/mol. The Kier molecular flexibility index (Phi) is 9.34. The van der Waals surface area contributed by atoms with Gasteiger partial charge in [-0.15, -0.1) is 0 Å². The van der Waals surface area contributed by atoms with Crippen LogP contribution in [-0.4, -0.2) is 87.5 Å². The molecule has 0 aliphatic carbocycles. The molecule has 4 N–H and O–H groups in total. The molecular formula is C30H36FN6O9P. The van der Waals surface area contributed by atoms with Gasteiger partial charge in [0.2, 0.25) is 11.8 Å². The lowest BCUT2D eigenvalue weighted by Crippen LogP contribution is -2.42. The number of methoxy groups -OCH3 is 1. The average molecular weight is 675 g/mol. The van der Waals surface area contributed by atoms with E-state index in [0.717, 1.165) is 5.39 Å². The number of carbonyl (C=O) groups is 1. The molecule has 2 saturated heterocycles. The van der Waals surface area contributed by atoms with Crippen molar-refractivity contribution in [1.82, 2.24) is 24.6 Å². The third-order valence-electron chi connectivity index (χ3n) is 8.07. The number of hydrogen-bond donors (Lipinski definition) is 3. The molecule has 4 aromatic rings. The lowest BCUT2D eigenvalue weighted by molar-refractivity contribution is -0.154. The summed E-state index contributed by atoms with van der Waals surface area (Å²) in [5.41, 5.74) is 4.06. The molecule has 4 heterocycles. The highest BCUT2D eigenvalue weighted by Gasteiger charge is 2.55. The quantitative estimate of drug-likeness (QED) is 0.155. The number of hydrogen-bond acceptors (Lipinski definition) is 13. The summed E-state index contributed by atoms with van der Waals surface area (Å²) in [4.78, 5) is 25.4. The maximum absolute atomic E-state index is 15.9. The molecule has 17 heteroatoms. The van der Waals surface area contributed by atoms with Gasteiger partial charge in [-0.25, -0.2) is 13.9 Å². The van der Waals surface area contributed by atoms with Gasteiger partial charge in [-0.1, -0.05) is 36.4 Å². The monoisotopic (exact) mass is 674 g/mol. The lowest BCUT2D eigenvalue weighted by Gasteiger charge is -2.27. The fraction of sp³-hybridized carbons (Fsp3) is 0.467. The molecule has 6 rings (SSSR count). The number of carbonyl (C=O) groups excluding carboxylic acids is 1. The number of benzene rings is 2. The fourth-order valence-corrected chi connectivity index (χ4v) is 7.11. The number of imidazole rings is 1. The van der Waals surface area contributed by atoms with Gasteiger partial charge in [0.25, 0.3) is 0 Å². The topological polar surface area (TPSA) is 191 Å². The van der Waals surface area contributed by atoms with E-state index in [2.05, 4.69) is 20.0 Å². The maximum atomic E-state index is 15.9. The summed E-state index contributed by atoms with van der Waals surface area (Å²) < 4.78 is 65.4. The van der Waals surface area contributed by atoms with Crippen LogP contribution < -0.4 is 20.1 Å². The predicted octanol–water partition coefficient (Wildman–Crippen LogP) is 3.46. The first-order valence-corrected chi connectivity index (χ1v) is 16.6. The molecule has 15 nitrogen and oxygen atoms in total. The van der Waals surface area contributed by atoms with Gasteiger partial charge in [-0.3, -0.25) is 13.9 Å². The number of esters is 1. The first kappa shape index (κ1) is 33.0. The number of nitrogen functional groups attached to an aromatic ring is 1. The Bertz CT molecular complexity index is 1800. The molecule has 2 fully saturated rings. The highest BCUT2D eigenvalue weighted by atomic mass is 31.2. The second-order valence-corrected chi connectivity index (χ2v) is 13.2. The Morgan fingerprint density at radius 2 is 1.98 bits per heavy atom. The highest BCUT2D eigenvalue weighted by Crippen LogP contribution is 2.49. The number of nitrogens with one attached hydrogen (secondary N) is 1. The van der Waals surface area contributed by atoms with Crippen molar-refractivity contribution in [3.8, 4) is 11.6 Å². The number of rotatable bonds is 11. The zero-order valence-corrected chi connectivity index (χ0v) is 26.8. The molecule has 0 bridgehead atoms. The van der Waals surface area contributed by atoms with Crippen LogP contribution in [0.4, 0.5) is 10.3 Å². The van der Waals surface area contributed by atoms with Crippen LogP contribution in [0.25, 0.3) is 21.9 Å². The summed E-state index contributed by atoms with van der Waals surface area (Å²) in [5.74, 6) is -0.515. The average Bonchev–Trinajstić information content (AvgIpc) is 3.57. The highest BCUT2D eigenvalue weighted by molar-refractivity contribution is 7.52. The molecular weight excluding hydrogens is 638 g/mol. The van der Waals surface area contributed by atoms with Crippen molar-refractivity contribution in [2.24, 2.45) is 0 Å². The number of nitrogens with two attached hydrogens (primary N) is 1. The standard InChI is InChI=1S/C30H36FN6O9P/c1-17(27(38)44-19-11-13-42-14-12-19)36-47(40,46-21-10-6-8-18-7-4-5-9-20(18)21)43-15-22-24(31)30(2,39)28(45-22)37-16-33-23-25(37)34-29(32)35-26(23)41-3/h4-10,16-17,19,22,24,28,39H,11-15H2,1-3H3,(H,36,40)(H2,32,34,35)/t17?,22-,24-,28?,30-,47?/m1/s1. The number of ether oxygens (including phenoxy) is 4. The Morgan fingerprint density at radius 3 is 2.74 bits per heavy atom. The summed E-state index contributed by atoms with van der Waals surface area (Å²) >= 11 is 0. The van der Waals surface area contributed by atoms with Gasteiger partial charge in [0, 0.05) is 18.2 Å². The van der Waals surface area contributed by atoms with Crippen LogP contribution in [0.3, 0.4) is 0 Å². The summed E-state index contributed by atoms with van der Waals surface area (Å²) in [7, 11) is -3.06. The van der Waals surface area contributed by atoms with E-state index in [1.807, 2.05) is 18.2 Å². The van der Waals surface area contributed by atoms with Crippen molar-refractivity contribution in [3.63, 3.8) is 0 Å². The van der Waals surface area contributed by atoms with E-state index in [1.54, 1.807) is 24.3 Å². The normalized spacial score (nSPS) is 25.4. The number of aliphatic hydroxyl groups is 1. The largest absolute Gasteiger partial charge is 0.479 e. The van der Waals surface area contributed by atoms with Crippen molar-refractivity contribution >= 4 is 41.6 Å². The number of aromatic nitrogens is 4. The van der Waals surface area contributed by atoms with Gasteiger partial charge in [0.05, 0.1) is 33.3 Å². The molecule has 2 aliphatic heterocycles. The first-order valence-electron chi connectivity index (χ1n) is 15.0. The van der Waals surface area contributed by atoms with Crippen molar-refractivity contribution in [2.45, 2.75) is 62.9 Å². The zero-order valence-electron chi connectivity index (χ0n) is 25.9. The molecule has 0 saturated carbocycles. The van der Waals surface area contributed by atoms with Crippen molar-refractivity contribution < 1.29 is 46.9 Å². The molecule has 3 unspecified atom stereocenters. The van der Waals surface area contributed by atoms with Crippen molar-refractivity contribution in [3.05, 3.63) is 48.8 Å². The smallest absolute Gasteiger partial charge is 0.459 e. The van der Waals surface area contributed by atoms with Gasteiger partial charge >= 0.3 is 13.7 Å². The Balaban J connectivity index is 1.24. The second-order valence-electron chi connectivity index (χ2n) is 11.5. The van der Waals surface area contributed by atoms with Crippen LogP contribution in [0.15, 0.2) is 48.8 Å². The van der Waals surface area contributed by atoms with Crippen molar-refractivity contribution in [2.75, 3.05) is 32.7 Å². The van der Waals surface area contributed by atoms with E-state index in [4.69, 9.17) is 33.7 Å². The van der Waals surface area contributed by atoms with Crippen LogP contribution in [-0.2, 0) is 28.1 Å². The van der Waals surface area contributed by atoms with Gasteiger partial charge in [-0.05, 0) is 25.3 Å². The maximum Gasteiger partial charge on any atom is 0.459 e. The number of halogens is 1. The molecule has 2 aliphatic rings. The van der Waals surface area contributed by atoms with Gasteiger partial charge in [0.1, 0.15) is 29.6 Å². The van der Waals surface area contributed by atoms with Gasteiger partial charge < -0.3 is 34.3 Å². The van der Waals surface area contributed by atoms with Gasteiger partial charge in [-0.2, -0.15) is 15.1 Å². The summed E-state index contributed by atoms with van der Waals surface area (Å²) in [6.07, 6.45) is -2.81. The Hall–Kier alpha value is -3.92. The van der Waals surface area contributed by atoms with Crippen LogP contribution >= 0.6 is 7.75 Å². The SMILES string of the molecule is COc1nc(N)nc2c1ncn2C1O[C@H](COP(=O)(NC(C)C(=O)OC2CCOCC2)Oc2cccc3ccccc23)[C@@H](F)[C@@]1(C)O. The Morgan fingerprint density at radius 1 is 1.23 bits per heavy atom. The fourth-order valence-electron chi connectivity index (χ4n) is 5.59. The van der Waals surface area contributed by atoms with E-state index in [-0.39, 0.29) is 34.8 Å². The molecule has 0 radical (unpaired) electrons. The van der Waals surface area contributed by atoms with Gasteiger partial charge in [0.15, 0.2) is 23.6 Å². The first-order chi connectivity index (χ1) is 22.5. The minimum atomic E-state index is -4.44. The van der Waals surface area contributed by atoms with Crippen molar-refractivity contribution in [1.29, 1.82) is 0 Å². The molecule has 2 aromatic carbocycles. The number of alkyl halides is 1. The molecule has 47 heavy (non-hydrogen) atoms. The van der Waals surface area contributed by atoms with E-state index < -0.39 is 50.5 Å². The van der Waals surface area contributed by atoms with Crippen LogP contribution in [0, 0.1) is 0 Å². The molecule has 6 atom stereocenters. The van der Waals surface area contributed by atoms with Crippen LogP contribution in [0.1, 0.15) is 32.9 Å². The number of nitrogens with zero attached hydrogens (tertiary/aromatic N) is 4. The van der Waals surface area contributed by atoms with E-state index in [0.29, 0.717) is 31.4 Å². The van der Waals surface area contributed by atoms with Crippen LogP contribution in [0.2, 0.25) is 0 Å². The lowest BCUT2D eigenvalue weighted by atomic mass is 9.98. The molecule has 2 aromatic heterocycles. The minimum Gasteiger partial charge on any atom is -0.479 e. The zero-order chi connectivity index (χ0) is 33.3. The third-order valence-corrected chi connectivity index (χ3v) is 9.70. The van der Waals surface area contributed by atoms with E-state index >= 15 is 4.39 Å². The summed E-state index contributed by atoms with van der Waals surface area (Å²) in [5, 5.41) is 15.4. The van der Waals surface area contributed by atoms with E-state index in [1.165, 1.54) is 31.9 Å². The number of fused-ring (bicyclic) bond motifs is 2. The molecule has 0 spiro atoms. The molecule has 252 valence electrons. The van der Waals surface area contributed by atoms with E-state index in [9.17, 15) is 14.5 Å². The molecule has 0 amide bonds.